The SMILES string of the molecule is Cc1ccc2nc(N(CCCn3ccnc3)C(=O)c3sc4ccccc4c3Cl)sc2c1. The Kier molecular flexibility index (Phi) is 5.48. The monoisotopic (exact) mass is 466 g/mol. The molecule has 0 spiro atoms. The summed E-state index contributed by atoms with van der Waals surface area (Å²) in [7, 11) is 0. The molecule has 0 saturated carbocycles. The highest BCUT2D eigenvalue weighted by molar-refractivity contribution is 7.23. The van der Waals surface area contributed by atoms with Crippen LogP contribution in [0.15, 0.2) is 61.2 Å². The maximum Gasteiger partial charge on any atom is 0.271 e. The molecule has 0 fully saturated rings. The molecule has 5 aromatic rings. The van der Waals surface area contributed by atoms with Crippen molar-refractivity contribution >= 4 is 65.6 Å². The lowest BCUT2D eigenvalue weighted by molar-refractivity contribution is 0.0990. The summed E-state index contributed by atoms with van der Waals surface area (Å²) < 4.78 is 4.09. The van der Waals surface area contributed by atoms with Gasteiger partial charge in [0.1, 0.15) is 4.88 Å². The Morgan fingerprint density at radius 1 is 1.16 bits per heavy atom. The van der Waals surface area contributed by atoms with E-state index in [9.17, 15) is 4.79 Å². The van der Waals surface area contributed by atoms with Crippen molar-refractivity contribution in [3.63, 3.8) is 0 Å². The third-order valence-corrected chi connectivity index (χ3v) is 7.80. The molecule has 0 atom stereocenters. The van der Waals surface area contributed by atoms with Gasteiger partial charge in [-0.3, -0.25) is 9.69 Å². The number of aromatic nitrogens is 3. The number of aryl methyl sites for hydroxylation is 2. The predicted octanol–water partition coefficient (Wildman–Crippen LogP) is 6.41. The molecule has 0 bridgehead atoms. The molecule has 0 aliphatic carbocycles. The topological polar surface area (TPSA) is 51.0 Å². The fraction of sp³-hybridized carbons (Fsp3) is 0.174. The predicted molar refractivity (Wildman–Crippen MR) is 130 cm³/mol. The number of carbonyl (C=O) groups excluding carboxylic acids is 1. The van der Waals surface area contributed by atoms with Crippen LogP contribution in [0.5, 0.6) is 0 Å². The zero-order valence-corrected chi connectivity index (χ0v) is 19.2. The number of nitrogens with zero attached hydrogens (tertiary/aromatic N) is 4. The third kappa shape index (κ3) is 3.96. The van der Waals surface area contributed by atoms with E-state index in [4.69, 9.17) is 16.6 Å². The highest BCUT2D eigenvalue weighted by Crippen LogP contribution is 2.38. The number of imidazole rings is 1. The Morgan fingerprint density at radius 2 is 2.03 bits per heavy atom. The van der Waals surface area contributed by atoms with E-state index in [1.54, 1.807) is 17.4 Å². The number of hydrogen-bond donors (Lipinski definition) is 0. The van der Waals surface area contributed by atoms with Crippen molar-refractivity contribution in [1.29, 1.82) is 0 Å². The van der Waals surface area contributed by atoms with Crippen LogP contribution in [-0.4, -0.2) is 27.0 Å². The Bertz CT molecular complexity index is 1370. The van der Waals surface area contributed by atoms with Crippen molar-refractivity contribution in [2.75, 3.05) is 11.4 Å². The van der Waals surface area contributed by atoms with Crippen LogP contribution < -0.4 is 4.90 Å². The molecule has 5 rings (SSSR count). The van der Waals surface area contributed by atoms with Crippen LogP contribution >= 0.6 is 34.3 Å². The summed E-state index contributed by atoms with van der Waals surface area (Å²) in [5.74, 6) is -0.104. The lowest BCUT2D eigenvalue weighted by Gasteiger charge is -2.19. The van der Waals surface area contributed by atoms with Crippen molar-refractivity contribution in [1.82, 2.24) is 14.5 Å². The van der Waals surface area contributed by atoms with E-state index >= 15 is 0 Å². The van der Waals surface area contributed by atoms with E-state index in [0.717, 1.165) is 33.3 Å². The van der Waals surface area contributed by atoms with Gasteiger partial charge in [-0.1, -0.05) is 47.2 Å². The first-order chi connectivity index (χ1) is 15.1. The van der Waals surface area contributed by atoms with Crippen molar-refractivity contribution < 1.29 is 4.79 Å². The van der Waals surface area contributed by atoms with Gasteiger partial charge in [0.25, 0.3) is 5.91 Å². The van der Waals surface area contributed by atoms with Crippen LogP contribution in [-0.2, 0) is 6.54 Å². The second-order valence-electron chi connectivity index (χ2n) is 7.32. The molecule has 3 heterocycles. The molecule has 5 nitrogen and oxygen atoms in total. The molecule has 3 aromatic heterocycles. The first-order valence-electron chi connectivity index (χ1n) is 9.92. The van der Waals surface area contributed by atoms with Gasteiger partial charge in [-0.25, -0.2) is 9.97 Å². The van der Waals surface area contributed by atoms with E-state index in [0.29, 0.717) is 21.6 Å². The first-order valence-corrected chi connectivity index (χ1v) is 11.9. The summed E-state index contributed by atoms with van der Waals surface area (Å²) in [5, 5.41) is 2.13. The number of amides is 1. The maximum atomic E-state index is 13.7. The lowest BCUT2D eigenvalue weighted by atomic mass is 10.2. The number of fused-ring (bicyclic) bond motifs is 2. The van der Waals surface area contributed by atoms with E-state index < -0.39 is 0 Å². The van der Waals surface area contributed by atoms with Gasteiger partial charge in [0.15, 0.2) is 5.13 Å². The number of hydrogen-bond acceptors (Lipinski definition) is 5. The molecule has 0 aliphatic heterocycles. The zero-order chi connectivity index (χ0) is 21.4. The summed E-state index contributed by atoms with van der Waals surface area (Å²) in [5.41, 5.74) is 2.08. The standard InChI is InChI=1S/C23H19ClN4OS2/c1-15-7-8-17-19(13-15)31-23(26-17)28(11-4-10-27-12-9-25-14-27)22(29)21-20(24)16-5-2-3-6-18(16)30-21/h2-3,5-9,12-14H,4,10-11H2,1H3. The first kappa shape index (κ1) is 20.2. The van der Waals surface area contributed by atoms with Gasteiger partial charge >= 0.3 is 0 Å². The third-order valence-electron chi connectivity index (χ3n) is 5.10. The molecule has 0 N–H and O–H groups in total. The minimum absolute atomic E-state index is 0.104. The summed E-state index contributed by atoms with van der Waals surface area (Å²) in [6.07, 6.45) is 6.25. The normalized spacial score (nSPS) is 11.4. The number of carbonyl (C=O) groups is 1. The summed E-state index contributed by atoms with van der Waals surface area (Å²) >= 11 is 9.61. The smallest absolute Gasteiger partial charge is 0.271 e. The van der Waals surface area contributed by atoms with Gasteiger partial charge in [0.05, 0.1) is 21.6 Å². The van der Waals surface area contributed by atoms with E-state index in [-0.39, 0.29) is 5.91 Å². The van der Waals surface area contributed by atoms with Crippen LogP contribution in [0, 0.1) is 6.92 Å². The van der Waals surface area contributed by atoms with Crippen molar-refractivity contribution in [3.8, 4) is 0 Å². The minimum Gasteiger partial charge on any atom is -0.337 e. The molecule has 0 unspecified atom stereocenters. The average molecular weight is 467 g/mol. The molecule has 31 heavy (non-hydrogen) atoms. The molecular weight excluding hydrogens is 448 g/mol. The molecule has 156 valence electrons. The van der Waals surface area contributed by atoms with E-state index in [1.807, 2.05) is 47.2 Å². The maximum absolute atomic E-state index is 13.7. The van der Waals surface area contributed by atoms with Gasteiger partial charge in [0, 0.05) is 35.6 Å². The molecule has 0 aliphatic rings. The molecule has 0 saturated heterocycles. The largest absolute Gasteiger partial charge is 0.337 e. The Hall–Kier alpha value is -2.74. The molecule has 0 radical (unpaired) electrons. The lowest BCUT2D eigenvalue weighted by Crippen LogP contribution is -2.32. The van der Waals surface area contributed by atoms with Crippen molar-refractivity contribution in [2.45, 2.75) is 19.9 Å². The van der Waals surface area contributed by atoms with Crippen LogP contribution in [0.25, 0.3) is 20.3 Å². The Balaban J connectivity index is 1.51. The second kappa shape index (κ2) is 8.42. The zero-order valence-electron chi connectivity index (χ0n) is 16.8. The van der Waals surface area contributed by atoms with Crippen molar-refractivity contribution in [2.24, 2.45) is 0 Å². The number of benzene rings is 2. The second-order valence-corrected chi connectivity index (χ2v) is 9.76. The quantitative estimate of drug-likeness (QED) is 0.290. The Morgan fingerprint density at radius 3 is 2.84 bits per heavy atom. The summed E-state index contributed by atoms with van der Waals surface area (Å²) in [6, 6.07) is 14.0. The highest BCUT2D eigenvalue weighted by Gasteiger charge is 2.26. The van der Waals surface area contributed by atoms with E-state index in [2.05, 4.69) is 18.0 Å². The van der Waals surface area contributed by atoms with Crippen LogP contribution in [0.4, 0.5) is 5.13 Å². The summed E-state index contributed by atoms with van der Waals surface area (Å²) in [4.78, 5) is 24.9. The molecule has 8 heteroatoms. The van der Waals surface area contributed by atoms with E-state index in [1.165, 1.54) is 28.2 Å². The van der Waals surface area contributed by atoms with Crippen LogP contribution in [0.2, 0.25) is 5.02 Å². The minimum atomic E-state index is -0.104. The van der Waals surface area contributed by atoms with Gasteiger partial charge < -0.3 is 4.57 Å². The van der Waals surface area contributed by atoms with Gasteiger partial charge in [0.2, 0.25) is 0 Å². The number of rotatable bonds is 6. The number of thiazole rings is 1. The fourth-order valence-corrected chi connectivity index (χ4v) is 6.07. The summed E-state index contributed by atoms with van der Waals surface area (Å²) in [6.45, 7) is 3.37. The number of anilines is 1. The van der Waals surface area contributed by atoms with Crippen LogP contribution in [0.1, 0.15) is 21.7 Å². The number of thiophene rings is 1. The molecule has 1 amide bonds. The van der Waals surface area contributed by atoms with Gasteiger partial charge in [-0.15, -0.1) is 11.3 Å². The number of halogens is 1. The van der Waals surface area contributed by atoms with Crippen LogP contribution in [0.3, 0.4) is 0 Å². The average Bonchev–Trinajstić information content (AvgIpc) is 3.50. The van der Waals surface area contributed by atoms with Gasteiger partial charge in [-0.05, 0) is 37.1 Å². The molecular formula is C23H19ClN4OS2. The Labute approximate surface area is 192 Å². The van der Waals surface area contributed by atoms with Crippen molar-refractivity contribution in [3.05, 3.63) is 76.6 Å². The highest BCUT2D eigenvalue weighted by atomic mass is 35.5. The van der Waals surface area contributed by atoms with Gasteiger partial charge in [-0.2, -0.15) is 0 Å². The fourth-order valence-electron chi connectivity index (χ4n) is 3.52. The molecule has 2 aromatic carbocycles.